The zero-order chi connectivity index (χ0) is 35.1. The van der Waals surface area contributed by atoms with Crippen LogP contribution in [0.5, 0.6) is 11.5 Å². The maximum atomic E-state index is 14.9. The lowest BCUT2D eigenvalue weighted by Crippen LogP contribution is -2.55. The number of aryl methyl sites for hydroxylation is 2. The topological polar surface area (TPSA) is 128 Å². The van der Waals surface area contributed by atoms with E-state index in [4.69, 9.17) is 16.3 Å². The van der Waals surface area contributed by atoms with E-state index < -0.39 is 41.6 Å². The molecule has 0 spiro atoms. The fraction of sp³-hybridized carbons (Fsp3) is 0.432. The Labute approximate surface area is 283 Å². The van der Waals surface area contributed by atoms with Crippen molar-refractivity contribution in [2.75, 3.05) is 5.32 Å². The molecule has 0 bridgehead atoms. The minimum atomic E-state index is -1.16. The highest BCUT2D eigenvalue weighted by Gasteiger charge is 2.39. The van der Waals surface area contributed by atoms with Gasteiger partial charge >= 0.3 is 6.09 Å². The number of aromatic hydroxyl groups is 2. The van der Waals surface area contributed by atoms with Crippen LogP contribution in [0.15, 0.2) is 60.7 Å². The number of nitrogens with zero attached hydrogens (tertiary/aromatic N) is 1. The average Bonchev–Trinajstić information content (AvgIpc) is 2.97. The first kappa shape index (κ1) is 37.2. The third-order valence-electron chi connectivity index (χ3n) is 7.79. The summed E-state index contributed by atoms with van der Waals surface area (Å²) in [5.41, 5.74) is 2.04. The van der Waals surface area contributed by atoms with Gasteiger partial charge in [-0.05, 0) is 113 Å². The molecule has 3 rings (SSSR count). The van der Waals surface area contributed by atoms with Crippen molar-refractivity contribution in [3.05, 3.63) is 87.9 Å². The standard InChI is InChI=1S/C37H48ClN3O6/c1-22(2)12-13-25(5)41(35(45)30(39-36(46)47-37(6,7)8)21-26-14-17-28(42)18-15-26)33(27-16-19-31(43)24(4)20-27)34(44)40-32-23(3)10-9-11-29(32)38/h9-11,14-20,22,25,30,33,42-43H,12-13,21H2,1-8H3,(H,39,46)(H,40,44). The van der Waals surface area contributed by atoms with Crippen molar-refractivity contribution in [3.8, 4) is 11.5 Å². The molecule has 0 saturated carbocycles. The Morgan fingerprint density at radius 3 is 2.15 bits per heavy atom. The molecule has 254 valence electrons. The number of ether oxygens (including phenoxy) is 1. The summed E-state index contributed by atoms with van der Waals surface area (Å²) in [6.45, 7) is 14.8. The number of carbonyl (C=O) groups is 3. The number of benzene rings is 3. The van der Waals surface area contributed by atoms with Crippen molar-refractivity contribution in [3.63, 3.8) is 0 Å². The Morgan fingerprint density at radius 1 is 0.915 bits per heavy atom. The summed E-state index contributed by atoms with van der Waals surface area (Å²) in [5.74, 6) is -0.554. The van der Waals surface area contributed by atoms with Gasteiger partial charge in [-0.25, -0.2) is 4.79 Å². The van der Waals surface area contributed by atoms with Crippen LogP contribution in [0.4, 0.5) is 10.5 Å². The number of phenols is 2. The molecule has 0 aromatic heterocycles. The average molecular weight is 666 g/mol. The first-order chi connectivity index (χ1) is 22.0. The van der Waals surface area contributed by atoms with Crippen molar-refractivity contribution < 1.29 is 29.3 Å². The number of amides is 3. The van der Waals surface area contributed by atoms with Crippen LogP contribution < -0.4 is 10.6 Å². The molecule has 9 nitrogen and oxygen atoms in total. The number of phenolic OH excluding ortho intramolecular Hbond substituents is 2. The van der Waals surface area contributed by atoms with Crippen LogP contribution in [0.25, 0.3) is 0 Å². The summed E-state index contributed by atoms with van der Waals surface area (Å²) < 4.78 is 5.54. The molecule has 4 N–H and O–H groups in total. The van der Waals surface area contributed by atoms with E-state index in [1.54, 1.807) is 64.1 Å². The molecular formula is C37H48ClN3O6. The molecule has 47 heavy (non-hydrogen) atoms. The molecule has 3 amide bonds. The summed E-state index contributed by atoms with van der Waals surface area (Å²) in [7, 11) is 0. The Balaban J connectivity index is 2.20. The molecule has 3 aromatic rings. The molecule has 0 aliphatic rings. The van der Waals surface area contributed by atoms with Crippen LogP contribution in [0, 0.1) is 19.8 Å². The number of hydrogen-bond donors (Lipinski definition) is 4. The zero-order valence-electron chi connectivity index (χ0n) is 28.6. The number of alkyl carbamates (subject to hydrolysis) is 1. The number of hydrogen-bond acceptors (Lipinski definition) is 6. The van der Waals surface area contributed by atoms with Gasteiger partial charge in [-0.1, -0.05) is 55.8 Å². The van der Waals surface area contributed by atoms with E-state index in [-0.39, 0.29) is 17.9 Å². The van der Waals surface area contributed by atoms with E-state index >= 15 is 0 Å². The van der Waals surface area contributed by atoms with Crippen molar-refractivity contribution in [2.24, 2.45) is 5.92 Å². The summed E-state index contributed by atoms with van der Waals surface area (Å²) in [4.78, 5) is 44.0. The molecule has 0 heterocycles. The summed E-state index contributed by atoms with van der Waals surface area (Å²) >= 11 is 6.51. The molecular weight excluding hydrogens is 618 g/mol. The largest absolute Gasteiger partial charge is 0.508 e. The molecule has 10 heteroatoms. The van der Waals surface area contributed by atoms with E-state index in [0.717, 1.165) is 12.0 Å². The van der Waals surface area contributed by atoms with E-state index in [2.05, 4.69) is 24.5 Å². The second kappa shape index (κ2) is 16.0. The van der Waals surface area contributed by atoms with Gasteiger partial charge in [0, 0.05) is 12.5 Å². The van der Waals surface area contributed by atoms with Gasteiger partial charge in [0.2, 0.25) is 5.91 Å². The molecule has 0 radical (unpaired) electrons. The number of carbonyl (C=O) groups excluding carboxylic acids is 3. The minimum Gasteiger partial charge on any atom is -0.508 e. The van der Waals surface area contributed by atoms with Gasteiger partial charge < -0.3 is 30.5 Å². The normalized spacial score (nSPS) is 13.4. The second-order valence-corrected chi connectivity index (χ2v) is 13.9. The Bertz CT molecular complexity index is 1530. The fourth-order valence-electron chi connectivity index (χ4n) is 5.28. The Hall–Kier alpha value is -4.24. The van der Waals surface area contributed by atoms with Crippen LogP contribution in [0.1, 0.15) is 82.7 Å². The van der Waals surface area contributed by atoms with Gasteiger partial charge in [-0.3, -0.25) is 9.59 Å². The van der Waals surface area contributed by atoms with Gasteiger partial charge in [0.15, 0.2) is 0 Å². The lowest BCUT2D eigenvalue weighted by Gasteiger charge is -2.39. The summed E-state index contributed by atoms with van der Waals surface area (Å²) in [6.07, 6.45) is 0.642. The molecule has 0 saturated heterocycles. The number of halogens is 1. The Kier molecular flexibility index (Phi) is 12.7. The number of nitrogens with one attached hydrogen (secondary N) is 2. The van der Waals surface area contributed by atoms with E-state index in [0.29, 0.717) is 39.7 Å². The predicted octanol–water partition coefficient (Wildman–Crippen LogP) is 7.84. The number of anilines is 1. The molecule has 0 aliphatic carbocycles. The van der Waals surface area contributed by atoms with Crippen molar-refractivity contribution in [1.29, 1.82) is 0 Å². The van der Waals surface area contributed by atoms with E-state index in [1.165, 1.54) is 23.1 Å². The highest BCUT2D eigenvalue weighted by atomic mass is 35.5. The van der Waals surface area contributed by atoms with Gasteiger partial charge in [0.1, 0.15) is 29.2 Å². The highest BCUT2D eigenvalue weighted by Crippen LogP contribution is 2.33. The van der Waals surface area contributed by atoms with Crippen LogP contribution in [0.2, 0.25) is 5.02 Å². The van der Waals surface area contributed by atoms with Gasteiger partial charge in [-0.2, -0.15) is 0 Å². The second-order valence-electron chi connectivity index (χ2n) is 13.5. The smallest absolute Gasteiger partial charge is 0.408 e. The Morgan fingerprint density at radius 2 is 1.57 bits per heavy atom. The minimum absolute atomic E-state index is 0.0531. The summed E-state index contributed by atoms with van der Waals surface area (Å²) in [6, 6.07) is 13.7. The maximum Gasteiger partial charge on any atom is 0.408 e. The van der Waals surface area contributed by atoms with E-state index in [1.807, 2.05) is 19.9 Å². The van der Waals surface area contributed by atoms with Gasteiger partial charge in [0.05, 0.1) is 10.7 Å². The lowest BCUT2D eigenvalue weighted by atomic mass is 9.95. The first-order valence-corrected chi connectivity index (χ1v) is 16.3. The van der Waals surface area contributed by atoms with Crippen LogP contribution >= 0.6 is 11.6 Å². The van der Waals surface area contributed by atoms with Crippen molar-refractivity contribution in [1.82, 2.24) is 10.2 Å². The lowest BCUT2D eigenvalue weighted by molar-refractivity contribution is -0.143. The molecule has 3 atom stereocenters. The fourth-order valence-corrected chi connectivity index (χ4v) is 5.55. The predicted molar refractivity (Wildman–Crippen MR) is 186 cm³/mol. The highest BCUT2D eigenvalue weighted by molar-refractivity contribution is 6.34. The van der Waals surface area contributed by atoms with Crippen molar-refractivity contribution in [2.45, 2.75) is 98.4 Å². The molecule has 0 fully saturated rings. The van der Waals surface area contributed by atoms with Crippen LogP contribution in [-0.4, -0.2) is 50.7 Å². The number of para-hydroxylation sites is 1. The quantitative estimate of drug-likeness (QED) is 0.156. The molecule has 0 aliphatic heterocycles. The molecule has 3 unspecified atom stereocenters. The number of rotatable bonds is 12. The van der Waals surface area contributed by atoms with Crippen LogP contribution in [0.3, 0.4) is 0 Å². The molecule has 3 aromatic carbocycles. The monoisotopic (exact) mass is 665 g/mol. The van der Waals surface area contributed by atoms with Gasteiger partial charge in [-0.15, -0.1) is 0 Å². The third kappa shape index (κ3) is 10.6. The van der Waals surface area contributed by atoms with Crippen molar-refractivity contribution >= 4 is 35.2 Å². The van der Waals surface area contributed by atoms with Crippen LogP contribution in [-0.2, 0) is 20.7 Å². The third-order valence-corrected chi connectivity index (χ3v) is 8.10. The SMILES string of the molecule is Cc1cc(C(C(=O)Nc2c(C)cccc2Cl)N(C(=O)C(Cc2ccc(O)cc2)NC(=O)OC(C)(C)C)C(C)CCC(C)C)ccc1O. The summed E-state index contributed by atoms with van der Waals surface area (Å²) in [5, 5.41) is 26.3. The maximum absolute atomic E-state index is 14.9. The van der Waals surface area contributed by atoms with Gasteiger partial charge in [0.25, 0.3) is 5.91 Å². The first-order valence-electron chi connectivity index (χ1n) is 15.9. The zero-order valence-corrected chi connectivity index (χ0v) is 29.3. The van der Waals surface area contributed by atoms with E-state index in [9.17, 15) is 24.6 Å².